The van der Waals surface area contributed by atoms with Gasteiger partial charge < -0.3 is 5.32 Å². The first kappa shape index (κ1) is 13.6. The monoisotopic (exact) mass is 301 g/mol. The molecule has 0 radical (unpaired) electrons. The van der Waals surface area contributed by atoms with Gasteiger partial charge in [-0.15, -0.1) is 0 Å². The summed E-state index contributed by atoms with van der Waals surface area (Å²) in [5.74, 6) is 0.882. The Bertz CT molecular complexity index is 528. The molecule has 0 unspecified atom stereocenters. The van der Waals surface area contributed by atoms with Gasteiger partial charge in [0.15, 0.2) is 0 Å². The third-order valence-electron chi connectivity index (χ3n) is 2.47. The van der Waals surface area contributed by atoms with E-state index in [-0.39, 0.29) is 0 Å². The van der Waals surface area contributed by atoms with Crippen molar-refractivity contribution < 1.29 is 0 Å². The van der Waals surface area contributed by atoms with Gasteiger partial charge in [0.05, 0.1) is 0 Å². The third kappa shape index (κ3) is 3.57. The third-order valence-corrected chi connectivity index (χ3v) is 3.77. The first-order valence-electron chi connectivity index (χ1n) is 5.69. The molecule has 1 aromatic carbocycles. The molecule has 0 atom stereocenters. The molecule has 0 aliphatic heterocycles. The number of halogens is 2. The quantitative estimate of drug-likeness (QED) is 0.905. The summed E-state index contributed by atoms with van der Waals surface area (Å²) in [5.41, 5.74) is 1.08. The standard InChI is InChI=1S/C12H13Cl2N3S/c1-2-11-16-12(18-17-11)15-6-5-8-3-4-9(13)7-10(8)14/h3-4,7H,2,5-6H2,1H3,(H,15,16,17). The smallest absolute Gasteiger partial charge is 0.202 e. The molecule has 0 aliphatic carbocycles. The Balaban J connectivity index is 1.88. The molecule has 0 spiro atoms. The largest absolute Gasteiger partial charge is 0.360 e. The predicted octanol–water partition coefficient (Wildman–Crippen LogP) is 4.06. The second-order valence-electron chi connectivity index (χ2n) is 3.78. The minimum absolute atomic E-state index is 0.661. The zero-order valence-corrected chi connectivity index (χ0v) is 12.2. The topological polar surface area (TPSA) is 37.8 Å². The normalized spacial score (nSPS) is 10.6. The summed E-state index contributed by atoms with van der Waals surface area (Å²) in [6, 6.07) is 5.56. The first-order chi connectivity index (χ1) is 8.69. The fraction of sp³-hybridized carbons (Fsp3) is 0.333. The van der Waals surface area contributed by atoms with Crippen LogP contribution in [0.4, 0.5) is 5.13 Å². The molecule has 0 saturated carbocycles. The minimum atomic E-state index is 0.661. The highest BCUT2D eigenvalue weighted by molar-refractivity contribution is 7.09. The number of rotatable bonds is 5. The lowest BCUT2D eigenvalue weighted by molar-refractivity contribution is 0.978. The number of hydrogen-bond donors (Lipinski definition) is 1. The van der Waals surface area contributed by atoms with Crippen molar-refractivity contribution in [3.63, 3.8) is 0 Å². The number of nitrogens with zero attached hydrogens (tertiary/aromatic N) is 2. The van der Waals surface area contributed by atoms with Crippen molar-refractivity contribution >= 4 is 39.9 Å². The molecule has 6 heteroatoms. The van der Waals surface area contributed by atoms with Crippen LogP contribution < -0.4 is 5.32 Å². The number of aromatic nitrogens is 2. The first-order valence-corrected chi connectivity index (χ1v) is 7.22. The second kappa shape index (κ2) is 6.36. The Morgan fingerprint density at radius 3 is 2.83 bits per heavy atom. The molecule has 96 valence electrons. The predicted molar refractivity (Wildman–Crippen MR) is 77.9 cm³/mol. The Labute approximate surface area is 120 Å². The average molecular weight is 302 g/mol. The summed E-state index contributed by atoms with van der Waals surface area (Å²) in [4.78, 5) is 4.34. The van der Waals surface area contributed by atoms with Gasteiger partial charge in [0.1, 0.15) is 5.82 Å². The van der Waals surface area contributed by atoms with E-state index in [0.29, 0.717) is 10.0 Å². The molecule has 0 aliphatic rings. The van der Waals surface area contributed by atoms with Gasteiger partial charge >= 0.3 is 0 Å². The molecule has 2 aromatic rings. The highest BCUT2D eigenvalue weighted by Gasteiger charge is 2.03. The van der Waals surface area contributed by atoms with Crippen molar-refractivity contribution in [2.45, 2.75) is 19.8 Å². The Morgan fingerprint density at radius 1 is 1.33 bits per heavy atom. The summed E-state index contributed by atoms with van der Waals surface area (Å²) in [7, 11) is 0. The van der Waals surface area contributed by atoms with Gasteiger partial charge in [-0.1, -0.05) is 36.2 Å². The van der Waals surface area contributed by atoms with E-state index in [2.05, 4.69) is 14.7 Å². The van der Waals surface area contributed by atoms with Gasteiger partial charge in [0, 0.05) is 34.5 Å². The lowest BCUT2D eigenvalue weighted by Gasteiger charge is -2.05. The van der Waals surface area contributed by atoms with E-state index in [0.717, 1.165) is 35.9 Å². The number of aryl methyl sites for hydroxylation is 1. The van der Waals surface area contributed by atoms with Crippen LogP contribution in [-0.4, -0.2) is 15.9 Å². The maximum absolute atomic E-state index is 6.10. The van der Waals surface area contributed by atoms with Crippen molar-refractivity contribution in [3.8, 4) is 0 Å². The van der Waals surface area contributed by atoms with Crippen molar-refractivity contribution in [2.24, 2.45) is 0 Å². The SMILES string of the molecule is CCc1nsc(NCCc2ccc(Cl)cc2Cl)n1. The van der Waals surface area contributed by atoms with E-state index in [1.807, 2.05) is 19.1 Å². The van der Waals surface area contributed by atoms with E-state index >= 15 is 0 Å². The maximum atomic E-state index is 6.10. The Hall–Kier alpha value is -0.840. The van der Waals surface area contributed by atoms with Crippen LogP contribution in [0.25, 0.3) is 0 Å². The average Bonchev–Trinajstić information content (AvgIpc) is 2.80. The van der Waals surface area contributed by atoms with Crippen molar-refractivity contribution in [1.82, 2.24) is 9.36 Å². The zero-order chi connectivity index (χ0) is 13.0. The molecule has 0 bridgehead atoms. The van der Waals surface area contributed by atoms with E-state index in [9.17, 15) is 0 Å². The lowest BCUT2D eigenvalue weighted by atomic mass is 10.1. The van der Waals surface area contributed by atoms with Gasteiger partial charge in [-0.05, 0) is 24.1 Å². The number of hydrogen-bond acceptors (Lipinski definition) is 4. The molecule has 1 heterocycles. The molecule has 1 N–H and O–H groups in total. The molecular weight excluding hydrogens is 289 g/mol. The van der Waals surface area contributed by atoms with Gasteiger partial charge in [-0.25, -0.2) is 4.98 Å². The maximum Gasteiger partial charge on any atom is 0.202 e. The highest BCUT2D eigenvalue weighted by atomic mass is 35.5. The fourth-order valence-electron chi connectivity index (χ4n) is 1.50. The van der Waals surface area contributed by atoms with Crippen LogP contribution in [-0.2, 0) is 12.8 Å². The minimum Gasteiger partial charge on any atom is -0.360 e. The molecule has 2 rings (SSSR count). The summed E-state index contributed by atoms with van der Waals surface area (Å²) < 4.78 is 4.21. The molecule has 0 amide bonds. The van der Waals surface area contributed by atoms with E-state index in [4.69, 9.17) is 23.2 Å². The molecular formula is C12H13Cl2N3S. The summed E-state index contributed by atoms with van der Waals surface area (Å²) in [6.07, 6.45) is 1.69. The van der Waals surface area contributed by atoms with Crippen LogP contribution in [0.3, 0.4) is 0 Å². The van der Waals surface area contributed by atoms with Gasteiger partial charge in [0.25, 0.3) is 0 Å². The van der Waals surface area contributed by atoms with Gasteiger partial charge in [-0.2, -0.15) is 4.37 Å². The van der Waals surface area contributed by atoms with Crippen LogP contribution in [0.1, 0.15) is 18.3 Å². The van der Waals surface area contributed by atoms with Crippen LogP contribution in [0, 0.1) is 0 Å². The van der Waals surface area contributed by atoms with E-state index < -0.39 is 0 Å². The van der Waals surface area contributed by atoms with Crippen LogP contribution in [0.2, 0.25) is 10.0 Å². The van der Waals surface area contributed by atoms with Crippen molar-refractivity contribution in [3.05, 3.63) is 39.6 Å². The molecule has 0 fully saturated rings. The van der Waals surface area contributed by atoms with Crippen LogP contribution in [0.5, 0.6) is 0 Å². The van der Waals surface area contributed by atoms with Gasteiger partial charge in [0.2, 0.25) is 5.13 Å². The number of nitrogens with one attached hydrogen (secondary N) is 1. The molecule has 18 heavy (non-hydrogen) atoms. The summed E-state index contributed by atoms with van der Waals surface area (Å²) in [6.45, 7) is 2.82. The van der Waals surface area contributed by atoms with E-state index in [1.165, 1.54) is 11.5 Å². The Morgan fingerprint density at radius 2 is 2.17 bits per heavy atom. The molecule has 3 nitrogen and oxygen atoms in total. The summed E-state index contributed by atoms with van der Waals surface area (Å²) >= 11 is 13.3. The number of anilines is 1. The molecule has 0 saturated heterocycles. The molecule has 1 aromatic heterocycles. The highest BCUT2D eigenvalue weighted by Crippen LogP contribution is 2.21. The van der Waals surface area contributed by atoms with Crippen molar-refractivity contribution in [1.29, 1.82) is 0 Å². The number of benzene rings is 1. The summed E-state index contributed by atoms with van der Waals surface area (Å²) in [5, 5.41) is 5.47. The van der Waals surface area contributed by atoms with E-state index in [1.54, 1.807) is 6.07 Å². The van der Waals surface area contributed by atoms with Crippen LogP contribution in [0.15, 0.2) is 18.2 Å². The fourth-order valence-corrected chi connectivity index (χ4v) is 2.68. The second-order valence-corrected chi connectivity index (χ2v) is 5.38. The lowest BCUT2D eigenvalue weighted by Crippen LogP contribution is -2.05. The van der Waals surface area contributed by atoms with Crippen molar-refractivity contribution in [2.75, 3.05) is 11.9 Å². The van der Waals surface area contributed by atoms with Gasteiger partial charge in [-0.3, -0.25) is 0 Å². The van der Waals surface area contributed by atoms with Crippen LogP contribution >= 0.6 is 34.7 Å². The zero-order valence-electron chi connectivity index (χ0n) is 9.91. The Kier molecular flexibility index (Phi) is 4.80.